The van der Waals surface area contributed by atoms with Gasteiger partial charge in [-0.2, -0.15) is 0 Å². The molecule has 0 fully saturated rings. The summed E-state index contributed by atoms with van der Waals surface area (Å²) in [5.41, 5.74) is 2.01. The van der Waals surface area contributed by atoms with Crippen LogP contribution in [-0.2, 0) is 6.42 Å². The lowest BCUT2D eigenvalue weighted by Gasteiger charge is -2.14. The normalized spacial score (nSPS) is 11.9. The standard InChI is InChI=1S/C17H20O3/c1-13(18)16-9-8-15(19-2)12-17(16)20-11-10-14-6-4-3-5-7-14/h3-9,12-13,18H,10-11H2,1-2H3. The summed E-state index contributed by atoms with van der Waals surface area (Å²) in [7, 11) is 1.62. The van der Waals surface area contributed by atoms with Gasteiger partial charge in [-0.15, -0.1) is 0 Å². The van der Waals surface area contributed by atoms with Gasteiger partial charge < -0.3 is 14.6 Å². The monoisotopic (exact) mass is 272 g/mol. The Bertz CT molecular complexity index is 535. The Balaban J connectivity index is 2.04. The van der Waals surface area contributed by atoms with E-state index in [-0.39, 0.29) is 0 Å². The van der Waals surface area contributed by atoms with Gasteiger partial charge in [-0.1, -0.05) is 30.3 Å². The third-order valence-electron chi connectivity index (χ3n) is 3.16. The van der Waals surface area contributed by atoms with E-state index in [4.69, 9.17) is 9.47 Å². The second-order valence-corrected chi connectivity index (χ2v) is 4.66. The molecule has 2 rings (SSSR count). The van der Waals surface area contributed by atoms with E-state index in [1.807, 2.05) is 36.4 Å². The van der Waals surface area contributed by atoms with E-state index in [0.717, 1.165) is 17.7 Å². The molecule has 20 heavy (non-hydrogen) atoms. The Morgan fingerprint density at radius 3 is 2.50 bits per heavy atom. The zero-order chi connectivity index (χ0) is 14.4. The third-order valence-corrected chi connectivity index (χ3v) is 3.16. The number of aliphatic hydroxyl groups excluding tert-OH is 1. The van der Waals surface area contributed by atoms with Crippen molar-refractivity contribution in [2.75, 3.05) is 13.7 Å². The van der Waals surface area contributed by atoms with Gasteiger partial charge in [-0.3, -0.25) is 0 Å². The highest BCUT2D eigenvalue weighted by atomic mass is 16.5. The SMILES string of the molecule is COc1ccc(C(C)O)c(OCCc2ccccc2)c1. The lowest BCUT2D eigenvalue weighted by atomic mass is 10.1. The lowest BCUT2D eigenvalue weighted by Crippen LogP contribution is -2.05. The molecule has 0 radical (unpaired) electrons. The molecule has 0 aliphatic carbocycles. The summed E-state index contributed by atoms with van der Waals surface area (Å²) in [5, 5.41) is 9.76. The number of methoxy groups -OCH3 is 1. The van der Waals surface area contributed by atoms with E-state index in [1.54, 1.807) is 14.0 Å². The maximum Gasteiger partial charge on any atom is 0.128 e. The number of hydrogen-bond acceptors (Lipinski definition) is 3. The molecule has 0 aliphatic rings. The molecule has 1 unspecified atom stereocenters. The van der Waals surface area contributed by atoms with Gasteiger partial charge in [0, 0.05) is 18.1 Å². The van der Waals surface area contributed by atoms with Crippen LogP contribution in [0.1, 0.15) is 24.2 Å². The Morgan fingerprint density at radius 2 is 1.85 bits per heavy atom. The molecule has 2 aromatic carbocycles. The molecule has 3 nitrogen and oxygen atoms in total. The van der Waals surface area contributed by atoms with Crippen LogP contribution in [0.3, 0.4) is 0 Å². The highest BCUT2D eigenvalue weighted by molar-refractivity contribution is 5.41. The molecule has 1 atom stereocenters. The van der Waals surface area contributed by atoms with Crippen molar-refractivity contribution in [3.63, 3.8) is 0 Å². The average Bonchev–Trinajstić information content (AvgIpc) is 2.48. The largest absolute Gasteiger partial charge is 0.497 e. The first kappa shape index (κ1) is 14.4. The fourth-order valence-corrected chi connectivity index (χ4v) is 2.04. The molecule has 1 N–H and O–H groups in total. The number of benzene rings is 2. The van der Waals surface area contributed by atoms with Gasteiger partial charge in [-0.05, 0) is 24.6 Å². The molecule has 0 heterocycles. The second kappa shape index (κ2) is 6.96. The Kier molecular flexibility index (Phi) is 5.02. The highest BCUT2D eigenvalue weighted by Gasteiger charge is 2.10. The van der Waals surface area contributed by atoms with Crippen LogP contribution in [0.4, 0.5) is 0 Å². The van der Waals surface area contributed by atoms with E-state index in [1.165, 1.54) is 5.56 Å². The molecule has 0 saturated carbocycles. The predicted molar refractivity (Wildman–Crippen MR) is 79.3 cm³/mol. The Labute approximate surface area is 119 Å². The van der Waals surface area contributed by atoms with Crippen molar-refractivity contribution in [3.05, 3.63) is 59.7 Å². The summed E-state index contributed by atoms with van der Waals surface area (Å²) in [4.78, 5) is 0. The van der Waals surface area contributed by atoms with Crippen molar-refractivity contribution >= 4 is 0 Å². The summed E-state index contributed by atoms with van der Waals surface area (Å²) < 4.78 is 11.0. The third kappa shape index (κ3) is 3.75. The number of rotatable bonds is 6. The van der Waals surface area contributed by atoms with Crippen molar-refractivity contribution < 1.29 is 14.6 Å². The number of aliphatic hydroxyl groups is 1. The van der Waals surface area contributed by atoms with Crippen LogP contribution < -0.4 is 9.47 Å². The molecule has 0 aliphatic heterocycles. The van der Waals surface area contributed by atoms with E-state index < -0.39 is 6.10 Å². The molecule has 106 valence electrons. The van der Waals surface area contributed by atoms with Crippen molar-refractivity contribution in [1.82, 2.24) is 0 Å². The van der Waals surface area contributed by atoms with Crippen LogP contribution in [-0.4, -0.2) is 18.8 Å². The minimum absolute atomic E-state index is 0.562. The van der Waals surface area contributed by atoms with Crippen molar-refractivity contribution in [2.45, 2.75) is 19.4 Å². The van der Waals surface area contributed by atoms with Crippen LogP contribution in [0, 0.1) is 0 Å². The Morgan fingerprint density at radius 1 is 1.10 bits per heavy atom. The fraction of sp³-hybridized carbons (Fsp3) is 0.294. The lowest BCUT2D eigenvalue weighted by molar-refractivity contribution is 0.191. The maximum absolute atomic E-state index is 9.76. The van der Waals surface area contributed by atoms with E-state index >= 15 is 0 Å². The van der Waals surface area contributed by atoms with Gasteiger partial charge in [0.25, 0.3) is 0 Å². The summed E-state index contributed by atoms with van der Waals surface area (Å²) >= 11 is 0. The minimum atomic E-state index is -0.562. The van der Waals surface area contributed by atoms with Crippen molar-refractivity contribution in [3.8, 4) is 11.5 Å². The summed E-state index contributed by atoms with van der Waals surface area (Å²) in [5.74, 6) is 1.40. The van der Waals surface area contributed by atoms with Gasteiger partial charge in [0.2, 0.25) is 0 Å². The molecule has 0 saturated heterocycles. The van der Waals surface area contributed by atoms with Crippen LogP contribution >= 0.6 is 0 Å². The van der Waals surface area contributed by atoms with E-state index in [9.17, 15) is 5.11 Å². The zero-order valence-electron chi connectivity index (χ0n) is 11.9. The van der Waals surface area contributed by atoms with Gasteiger partial charge in [0.15, 0.2) is 0 Å². The van der Waals surface area contributed by atoms with Gasteiger partial charge in [0.05, 0.1) is 19.8 Å². The molecule has 2 aromatic rings. The highest BCUT2D eigenvalue weighted by Crippen LogP contribution is 2.29. The molecule has 0 aromatic heterocycles. The summed E-state index contributed by atoms with van der Waals surface area (Å²) in [6.45, 7) is 2.29. The van der Waals surface area contributed by atoms with Gasteiger partial charge in [0.1, 0.15) is 11.5 Å². The van der Waals surface area contributed by atoms with Crippen LogP contribution in [0.25, 0.3) is 0 Å². The molecule has 3 heteroatoms. The van der Waals surface area contributed by atoms with Crippen molar-refractivity contribution in [1.29, 1.82) is 0 Å². The van der Waals surface area contributed by atoms with Crippen LogP contribution in [0.2, 0.25) is 0 Å². The first-order chi connectivity index (χ1) is 9.70. The quantitative estimate of drug-likeness (QED) is 0.876. The maximum atomic E-state index is 9.76. The topological polar surface area (TPSA) is 38.7 Å². The smallest absolute Gasteiger partial charge is 0.128 e. The van der Waals surface area contributed by atoms with E-state index in [2.05, 4.69) is 12.1 Å². The molecular weight excluding hydrogens is 252 g/mol. The predicted octanol–water partition coefficient (Wildman–Crippen LogP) is 3.37. The van der Waals surface area contributed by atoms with Gasteiger partial charge in [-0.25, -0.2) is 0 Å². The summed E-state index contributed by atoms with van der Waals surface area (Å²) in [6, 6.07) is 15.7. The van der Waals surface area contributed by atoms with Crippen molar-refractivity contribution in [2.24, 2.45) is 0 Å². The Hall–Kier alpha value is -2.00. The van der Waals surface area contributed by atoms with Gasteiger partial charge >= 0.3 is 0 Å². The van der Waals surface area contributed by atoms with E-state index in [0.29, 0.717) is 12.4 Å². The first-order valence-corrected chi connectivity index (χ1v) is 6.73. The number of hydrogen-bond donors (Lipinski definition) is 1. The minimum Gasteiger partial charge on any atom is -0.497 e. The van der Waals surface area contributed by atoms with Crippen LogP contribution in [0.15, 0.2) is 48.5 Å². The number of ether oxygens (including phenoxy) is 2. The molecular formula is C17H20O3. The molecule has 0 spiro atoms. The first-order valence-electron chi connectivity index (χ1n) is 6.73. The molecule has 0 amide bonds. The fourth-order valence-electron chi connectivity index (χ4n) is 2.04. The average molecular weight is 272 g/mol. The second-order valence-electron chi connectivity index (χ2n) is 4.66. The zero-order valence-corrected chi connectivity index (χ0v) is 11.9. The molecule has 0 bridgehead atoms. The summed E-state index contributed by atoms with van der Waals surface area (Å²) in [6.07, 6.45) is 0.268. The van der Waals surface area contributed by atoms with Crippen LogP contribution in [0.5, 0.6) is 11.5 Å².